The fourth-order valence-electron chi connectivity index (χ4n) is 12.8. The van der Waals surface area contributed by atoms with Gasteiger partial charge in [0.25, 0.3) is 0 Å². The van der Waals surface area contributed by atoms with Crippen LogP contribution in [0.25, 0.3) is 159 Å². The van der Waals surface area contributed by atoms with E-state index in [2.05, 4.69) is 296 Å². The molecule has 0 unspecified atom stereocenters. The molecular formula is C77H48N2. The monoisotopic (exact) mass is 1000 g/mol. The Balaban J connectivity index is 0.816. The zero-order valence-corrected chi connectivity index (χ0v) is 43.1. The molecule has 0 aliphatic rings. The van der Waals surface area contributed by atoms with Crippen LogP contribution in [0, 0.1) is 0 Å². The van der Waals surface area contributed by atoms with Crippen LogP contribution < -0.4 is 0 Å². The maximum absolute atomic E-state index is 5.17. The third-order valence-electron chi connectivity index (χ3n) is 16.5. The fraction of sp³-hybridized carbons (Fsp3) is 0. The van der Waals surface area contributed by atoms with Gasteiger partial charge in [-0.15, -0.1) is 0 Å². The van der Waals surface area contributed by atoms with Crippen LogP contribution in [-0.4, -0.2) is 9.55 Å². The first-order valence-corrected chi connectivity index (χ1v) is 27.3. The summed E-state index contributed by atoms with van der Waals surface area (Å²) in [6, 6.07) is 107. The molecule has 15 aromatic carbocycles. The van der Waals surface area contributed by atoms with Crippen molar-refractivity contribution in [2.75, 3.05) is 0 Å². The number of benzene rings is 15. The van der Waals surface area contributed by atoms with Crippen LogP contribution in [0.3, 0.4) is 0 Å². The topological polar surface area (TPSA) is 17.8 Å². The van der Waals surface area contributed by atoms with Crippen molar-refractivity contribution in [2.45, 2.75) is 0 Å². The van der Waals surface area contributed by atoms with Crippen LogP contribution >= 0.6 is 0 Å². The summed E-state index contributed by atoms with van der Waals surface area (Å²) in [5, 5.41) is 17.3. The maximum atomic E-state index is 5.17. The second-order valence-corrected chi connectivity index (χ2v) is 21.0. The summed E-state index contributed by atoms with van der Waals surface area (Å²) in [6.45, 7) is 0. The van der Waals surface area contributed by atoms with Crippen molar-refractivity contribution >= 4 is 86.4 Å². The molecular weight excluding hydrogens is 953 g/mol. The van der Waals surface area contributed by atoms with Gasteiger partial charge in [-0.1, -0.05) is 237 Å². The third kappa shape index (κ3) is 7.37. The van der Waals surface area contributed by atoms with Gasteiger partial charge in [-0.25, -0.2) is 4.98 Å². The summed E-state index contributed by atoms with van der Waals surface area (Å²) in [5.74, 6) is 0.927. The van der Waals surface area contributed by atoms with Crippen molar-refractivity contribution in [2.24, 2.45) is 0 Å². The first-order valence-electron chi connectivity index (χ1n) is 27.3. The van der Waals surface area contributed by atoms with Crippen molar-refractivity contribution in [1.29, 1.82) is 0 Å². The number of imidazole rings is 1. The van der Waals surface area contributed by atoms with E-state index in [9.17, 15) is 0 Å². The zero-order chi connectivity index (χ0) is 52.0. The third-order valence-corrected chi connectivity index (χ3v) is 16.5. The molecule has 0 radical (unpaired) electrons. The number of hydrogen-bond donors (Lipinski definition) is 0. The number of hydrogen-bond acceptors (Lipinski definition) is 1. The highest BCUT2D eigenvalue weighted by Gasteiger charge is 2.21. The molecule has 2 heteroatoms. The lowest BCUT2D eigenvalue weighted by atomic mass is 9.84. The average Bonchev–Trinajstić information content (AvgIpc) is 4.00. The first-order chi connectivity index (χ1) is 39.2. The molecule has 1 heterocycles. The predicted molar refractivity (Wildman–Crippen MR) is 336 cm³/mol. The molecule has 0 amide bonds. The summed E-state index contributed by atoms with van der Waals surface area (Å²) in [4.78, 5) is 5.17. The predicted octanol–water partition coefficient (Wildman–Crippen LogP) is 21.1. The quantitative estimate of drug-likeness (QED) is 0.146. The summed E-state index contributed by atoms with van der Waals surface area (Å²) in [6.07, 6.45) is 0. The van der Waals surface area contributed by atoms with Crippen LogP contribution in [0.2, 0.25) is 0 Å². The van der Waals surface area contributed by atoms with E-state index in [1.165, 1.54) is 131 Å². The van der Waals surface area contributed by atoms with Crippen LogP contribution in [-0.2, 0) is 0 Å². The molecule has 1 aromatic heterocycles. The number of para-hydroxylation sites is 3. The summed E-state index contributed by atoms with van der Waals surface area (Å²) < 4.78 is 2.27. The summed E-state index contributed by atoms with van der Waals surface area (Å²) in [7, 11) is 0. The standard InChI is InChI=1S/C77H48N2/c1-2-20-62(21-3-1)79-72-29-15-14-28-71(72)78-77(79)52-34-32-51(33-35-52)73-63-22-8-10-24-65(63)74(66-25-11-9-23-64(66)73)60-41-38-55-44-56(36-37-57(55)47-60)58-42-43-69-70(48-58)76(61-40-31-50-17-5-7-19-54(50)46-61)68-27-13-12-26-67(68)75(69)59-39-30-49-16-4-6-18-53(49)45-59/h1-48H. The van der Waals surface area contributed by atoms with Gasteiger partial charge in [-0.2, -0.15) is 0 Å². The average molecular weight is 1000 g/mol. The highest BCUT2D eigenvalue weighted by Crippen LogP contribution is 2.48. The molecule has 0 fully saturated rings. The SMILES string of the molecule is c1ccc(-n2c(-c3ccc(-c4c5ccccc5c(-c5ccc6cc(-c7ccc8c(-c9ccc%10ccccc%10c9)c9ccccc9c(-c9ccc%10ccccc%10c9)c8c7)ccc6c5)c5ccccc45)cc3)nc3ccccc32)cc1. The van der Waals surface area contributed by atoms with Gasteiger partial charge in [-0.05, 0) is 186 Å². The molecule has 0 atom stereocenters. The van der Waals surface area contributed by atoms with Gasteiger partial charge >= 0.3 is 0 Å². The van der Waals surface area contributed by atoms with E-state index < -0.39 is 0 Å². The lowest BCUT2D eigenvalue weighted by molar-refractivity contribution is 1.10. The molecule has 0 bridgehead atoms. The van der Waals surface area contributed by atoms with Crippen molar-refractivity contribution in [3.05, 3.63) is 291 Å². The van der Waals surface area contributed by atoms with E-state index in [-0.39, 0.29) is 0 Å². The van der Waals surface area contributed by atoms with Crippen molar-refractivity contribution in [3.8, 4) is 72.7 Å². The number of fused-ring (bicyclic) bond motifs is 8. The van der Waals surface area contributed by atoms with Gasteiger partial charge in [-0.3, -0.25) is 4.57 Å². The minimum absolute atomic E-state index is 0.927. The van der Waals surface area contributed by atoms with Crippen LogP contribution in [0.5, 0.6) is 0 Å². The second kappa shape index (κ2) is 18.1. The minimum Gasteiger partial charge on any atom is -0.292 e. The first kappa shape index (κ1) is 44.8. The normalized spacial score (nSPS) is 11.8. The molecule has 0 saturated carbocycles. The van der Waals surface area contributed by atoms with E-state index in [0.717, 1.165) is 28.1 Å². The van der Waals surface area contributed by atoms with Crippen LogP contribution in [0.1, 0.15) is 0 Å². The Bertz CT molecular complexity index is 5070. The smallest absolute Gasteiger partial charge is 0.145 e. The van der Waals surface area contributed by atoms with E-state index in [4.69, 9.17) is 4.98 Å². The van der Waals surface area contributed by atoms with E-state index in [0.29, 0.717) is 0 Å². The Kier molecular flexibility index (Phi) is 10.3. The minimum atomic E-state index is 0.927. The fourth-order valence-corrected chi connectivity index (χ4v) is 12.8. The molecule has 16 rings (SSSR count). The second-order valence-electron chi connectivity index (χ2n) is 21.0. The van der Waals surface area contributed by atoms with Gasteiger partial charge < -0.3 is 0 Å². The molecule has 2 nitrogen and oxygen atoms in total. The molecule has 16 aromatic rings. The molecule has 0 saturated heterocycles. The molecule has 366 valence electrons. The Morgan fingerprint density at radius 1 is 0.215 bits per heavy atom. The van der Waals surface area contributed by atoms with E-state index in [1.807, 2.05) is 0 Å². The Labute approximate surface area is 457 Å². The van der Waals surface area contributed by atoms with Crippen molar-refractivity contribution in [1.82, 2.24) is 9.55 Å². The van der Waals surface area contributed by atoms with Crippen LogP contribution in [0.4, 0.5) is 0 Å². The highest BCUT2D eigenvalue weighted by atomic mass is 15.1. The molecule has 0 aliphatic heterocycles. The van der Waals surface area contributed by atoms with Gasteiger partial charge in [0.1, 0.15) is 5.82 Å². The molecule has 0 spiro atoms. The van der Waals surface area contributed by atoms with Gasteiger partial charge in [0.2, 0.25) is 0 Å². The van der Waals surface area contributed by atoms with Crippen molar-refractivity contribution < 1.29 is 0 Å². The summed E-state index contributed by atoms with van der Waals surface area (Å²) >= 11 is 0. The van der Waals surface area contributed by atoms with Gasteiger partial charge in [0, 0.05) is 11.3 Å². The molecule has 79 heavy (non-hydrogen) atoms. The van der Waals surface area contributed by atoms with E-state index in [1.54, 1.807) is 0 Å². The molecule has 0 N–H and O–H groups in total. The Hall–Kier alpha value is -10.4. The zero-order valence-electron chi connectivity index (χ0n) is 43.1. The largest absolute Gasteiger partial charge is 0.292 e. The van der Waals surface area contributed by atoms with Gasteiger partial charge in [0.15, 0.2) is 0 Å². The van der Waals surface area contributed by atoms with Crippen molar-refractivity contribution in [3.63, 3.8) is 0 Å². The van der Waals surface area contributed by atoms with Gasteiger partial charge in [0.05, 0.1) is 11.0 Å². The molecule has 0 aliphatic carbocycles. The maximum Gasteiger partial charge on any atom is 0.145 e. The lowest BCUT2D eigenvalue weighted by Crippen LogP contribution is -1.97. The Morgan fingerprint density at radius 2 is 0.557 bits per heavy atom. The number of nitrogens with zero attached hydrogens (tertiary/aromatic N) is 2. The summed E-state index contributed by atoms with van der Waals surface area (Å²) in [5.41, 5.74) is 16.4. The Morgan fingerprint density at radius 3 is 1.10 bits per heavy atom. The number of aromatic nitrogens is 2. The van der Waals surface area contributed by atoms with E-state index >= 15 is 0 Å². The number of rotatable bonds is 7. The lowest BCUT2D eigenvalue weighted by Gasteiger charge is -2.19. The van der Waals surface area contributed by atoms with Crippen LogP contribution in [0.15, 0.2) is 291 Å². The highest BCUT2D eigenvalue weighted by molar-refractivity contribution is 6.24.